The molecule has 0 amide bonds. The fraction of sp³-hybridized carbons (Fsp3) is 0.400. The van der Waals surface area contributed by atoms with Crippen molar-refractivity contribution in [2.45, 2.75) is 13.0 Å². The Morgan fingerprint density at radius 2 is 2.46 bits per heavy atom. The monoisotopic (exact) mass is 179 g/mol. The molecule has 0 fully saturated rings. The van der Waals surface area contributed by atoms with Gasteiger partial charge in [0.2, 0.25) is 0 Å². The van der Waals surface area contributed by atoms with E-state index in [9.17, 15) is 0 Å². The van der Waals surface area contributed by atoms with Crippen molar-refractivity contribution in [1.29, 1.82) is 0 Å². The number of hydrogen-bond donors (Lipinski definition) is 1. The van der Waals surface area contributed by atoms with Gasteiger partial charge in [-0.3, -0.25) is 0 Å². The summed E-state index contributed by atoms with van der Waals surface area (Å²) in [4.78, 5) is 0. The van der Waals surface area contributed by atoms with Gasteiger partial charge in [-0.05, 0) is 25.1 Å². The fourth-order valence-electron chi connectivity index (χ4n) is 1.47. The van der Waals surface area contributed by atoms with Crippen molar-refractivity contribution >= 4 is 0 Å². The number of fused-ring (bicyclic) bond motifs is 1. The minimum Gasteiger partial charge on any atom is -0.494 e. The van der Waals surface area contributed by atoms with E-state index in [4.69, 9.17) is 15.2 Å². The maximum atomic E-state index is 5.83. The Labute approximate surface area is 77.5 Å². The normalized spacial score (nSPS) is 19.4. The second-order valence-electron chi connectivity index (χ2n) is 3.05. The summed E-state index contributed by atoms with van der Waals surface area (Å²) in [5.41, 5.74) is 6.88. The van der Waals surface area contributed by atoms with Gasteiger partial charge >= 0.3 is 0 Å². The predicted octanol–water partition coefficient (Wildman–Crippen LogP) is 1.48. The smallest absolute Gasteiger partial charge is 0.124 e. The van der Waals surface area contributed by atoms with Crippen molar-refractivity contribution in [3.63, 3.8) is 0 Å². The minimum atomic E-state index is -0.00425. The van der Waals surface area contributed by atoms with Gasteiger partial charge in [0.1, 0.15) is 18.1 Å². The summed E-state index contributed by atoms with van der Waals surface area (Å²) in [6.45, 7) is 3.21. The molecule has 0 saturated heterocycles. The first-order valence-electron chi connectivity index (χ1n) is 4.46. The lowest BCUT2D eigenvalue weighted by Crippen LogP contribution is -2.10. The number of hydrogen-bond acceptors (Lipinski definition) is 3. The molecule has 13 heavy (non-hydrogen) atoms. The Hall–Kier alpha value is -1.22. The molecule has 0 aliphatic carbocycles. The van der Waals surface area contributed by atoms with Crippen molar-refractivity contribution in [1.82, 2.24) is 0 Å². The molecule has 0 radical (unpaired) electrons. The molecule has 1 atom stereocenters. The molecule has 3 heteroatoms. The highest BCUT2D eigenvalue weighted by molar-refractivity contribution is 5.44. The Kier molecular flexibility index (Phi) is 2.10. The first kappa shape index (κ1) is 8.38. The highest BCUT2D eigenvalue weighted by Crippen LogP contribution is 2.33. The predicted molar refractivity (Wildman–Crippen MR) is 50.0 cm³/mol. The topological polar surface area (TPSA) is 44.5 Å². The van der Waals surface area contributed by atoms with E-state index in [2.05, 4.69) is 0 Å². The third kappa shape index (κ3) is 1.47. The Bertz CT molecular complexity index is 312. The van der Waals surface area contributed by atoms with E-state index in [-0.39, 0.29) is 6.04 Å². The molecular weight excluding hydrogens is 166 g/mol. The number of rotatable bonds is 2. The van der Waals surface area contributed by atoms with Gasteiger partial charge in [-0.15, -0.1) is 0 Å². The van der Waals surface area contributed by atoms with Crippen LogP contribution in [0.3, 0.4) is 0 Å². The number of benzene rings is 1. The van der Waals surface area contributed by atoms with Gasteiger partial charge in [-0.2, -0.15) is 0 Å². The number of nitrogens with two attached hydrogens (primary N) is 1. The van der Waals surface area contributed by atoms with Gasteiger partial charge in [0.25, 0.3) is 0 Å². The molecule has 0 spiro atoms. The second-order valence-corrected chi connectivity index (χ2v) is 3.05. The zero-order valence-electron chi connectivity index (χ0n) is 7.62. The first-order valence-corrected chi connectivity index (χ1v) is 4.46. The van der Waals surface area contributed by atoms with Crippen LogP contribution >= 0.6 is 0 Å². The Morgan fingerprint density at radius 3 is 3.23 bits per heavy atom. The van der Waals surface area contributed by atoms with Crippen LogP contribution in [0, 0.1) is 0 Å². The van der Waals surface area contributed by atoms with E-state index < -0.39 is 0 Å². The summed E-state index contributed by atoms with van der Waals surface area (Å²) in [6.07, 6.45) is 0. The van der Waals surface area contributed by atoms with E-state index in [1.165, 1.54) is 0 Å². The highest BCUT2D eigenvalue weighted by Gasteiger charge is 2.20. The van der Waals surface area contributed by atoms with Crippen LogP contribution in [0.4, 0.5) is 0 Å². The maximum Gasteiger partial charge on any atom is 0.124 e. The van der Waals surface area contributed by atoms with Crippen molar-refractivity contribution < 1.29 is 9.47 Å². The van der Waals surface area contributed by atoms with Crippen LogP contribution in [-0.2, 0) is 0 Å². The molecule has 2 rings (SSSR count). The van der Waals surface area contributed by atoms with Crippen molar-refractivity contribution in [2.24, 2.45) is 5.73 Å². The zero-order valence-corrected chi connectivity index (χ0v) is 7.62. The van der Waals surface area contributed by atoms with Gasteiger partial charge in [0, 0.05) is 5.56 Å². The van der Waals surface area contributed by atoms with Crippen molar-refractivity contribution in [3.05, 3.63) is 23.8 Å². The molecule has 1 aromatic rings. The molecule has 70 valence electrons. The SMILES string of the molecule is CCOc1ccc2c(c1)C(N)CO2. The minimum absolute atomic E-state index is 0.00425. The third-order valence-corrected chi connectivity index (χ3v) is 2.11. The summed E-state index contributed by atoms with van der Waals surface area (Å²) < 4.78 is 10.7. The van der Waals surface area contributed by atoms with Crippen molar-refractivity contribution in [3.8, 4) is 11.5 Å². The van der Waals surface area contributed by atoms with Gasteiger partial charge in [0.05, 0.1) is 12.6 Å². The second kappa shape index (κ2) is 3.26. The molecule has 0 aromatic heterocycles. The molecule has 0 bridgehead atoms. The highest BCUT2D eigenvalue weighted by atomic mass is 16.5. The molecule has 0 saturated carbocycles. The third-order valence-electron chi connectivity index (χ3n) is 2.11. The summed E-state index contributed by atoms with van der Waals surface area (Å²) in [5.74, 6) is 1.75. The van der Waals surface area contributed by atoms with Crippen LogP contribution in [-0.4, -0.2) is 13.2 Å². The molecule has 1 aliphatic heterocycles. The van der Waals surface area contributed by atoms with Gasteiger partial charge < -0.3 is 15.2 Å². The molecule has 1 aromatic carbocycles. The van der Waals surface area contributed by atoms with Gasteiger partial charge in [-0.25, -0.2) is 0 Å². The van der Waals surface area contributed by atoms with Crippen LogP contribution in [0.2, 0.25) is 0 Å². The molecular formula is C10H13NO2. The molecule has 1 heterocycles. The average Bonchev–Trinajstić information content (AvgIpc) is 2.49. The lowest BCUT2D eigenvalue weighted by molar-refractivity contribution is 0.332. The van der Waals surface area contributed by atoms with E-state index in [1.54, 1.807) is 0 Å². The van der Waals surface area contributed by atoms with E-state index in [0.29, 0.717) is 13.2 Å². The van der Waals surface area contributed by atoms with E-state index >= 15 is 0 Å². The van der Waals surface area contributed by atoms with Crippen LogP contribution in [0.5, 0.6) is 11.5 Å². The van der Waals surface area contributed by atoms with Crippen LogP contribution in [0.15, 0.2) is 18.2 Å². The quantitative estimate of drug-likeness (QED) is 0.747. The number of ether oxygens (including phenoxy) is 2. The zero-order chi connectivity index (χ0) is 9.26. The van der Waals surface area contributed by atoms with E-state index in [1.807, 2.05) is 25.1 Å². The standard InChI is InChI=1S/C10H13NO2/c1-2-12-7-3-4-10-8(5-7)9(11)6-13-10/h3-5,9H,2,6,11H2,1H3. The molecule has 2 N–H and O–H groups in total. The maximum absolute atomic E-state index is 5.83. The molecule has 1 unspecified atom stereocenters. The summed E-state index contributed by atoms with van der Waals surface area (Å²) in [6, 6.07) is 5.76. The van der Waals surface area contributed by atoms with Gasteiger partial charge in [-0.1, -0.05) is 0 Å². The van der Waals surface area contributed by atoms with Crippen LogP contribution in [0.25, 0.3) is 0 Å². The van der Waals surface area contributed by atoms with E-state index in [0.717, 1.165) is 17.1 Å². The first-order chi connectivity index (χ1) is 6.31. The molecule has 1 aliphatic rings. The lowest BCUT2D eigenvalue weighted by atomic mass is 10.1. The Morgan fingerprint density at radius 1 is 1.62 bits per heavy atom. The average molecular weight is 179 g/mol. The van der Waals surface area contributed by atoms with Gasteiger partial charge in [0.15, 0.2) is 0 Å². The largest absolute Gasteiger partial charge is 0.494 e. The summed E-state index contributed by atoms with van der Waals surface area (Å²) in [7, 11) is 0. The Balaban J connectivity index is 2.31. The summed E-state index contributed by atoms with van der Waals surface area (Å²) >= 11 is 0. The van der Waals surface area contributed by atoms with Crippen LogP contribution < -0.4 is 15.2 Å². The van der Waals surface area contributed by atoms with Crippen LogP contribution in [0.1, 0.15) is 18.5 Å². The fourth-order valence-corrected chi connectivity index (χ4v) is 1.47. The molecule has 3 nitrogen and oxygen atoms in total. The lowest BCUT2D eigenvalue weighted by Gasteiger charge is -2.05. The van der Waals surface area contributed by atoms with Crippen molar-refractivity contribution in [2.75, 3.05) is 13.2 Å². The summed E-state index contributed by atoms with van der Waals surface area (Å²) in [5, 5.41) is 0.